The fourth-order valence-electron chi connectivity index (χ4n) is 2.57. The third-order valence-electron chi connectivity index (χ3n) is 3.88. The molecule has 0 spiro atoms. The van der Waals surface area contributed by atoms with Gasteiger partial charge in [-0.15, -0.1) is 0 Å². The first-order chi connectivity index (χ1) is 11.6. The predicted octanol–water partition coefficient (Wildman–Crippen LogP) is 4.12. The fourth-order valence-corrected chi connectivity index (χ4v) is 2.57. The molecule has 3 rings (SSSR count). The Balaban J connectivity index is 1.81. The minimum atomic E-state index is -0.506. The average Bonchev–Trinajstić information content (AvgIpc) is 2.96. The van der Waals surface area contributed by atoms with Crippen molar-refractivity contribution in [3.8, 4) is 11.5 Å². The lowest BCUT2D eigenvalue weighted by Gasteiger charge is -2.10. The fraction of sp³-hybridized carbons (Fsp3) is 0.211. The first kappa shape index (κ1) is 15.9. The molecule has 5 heteroatoms. The van der Waals surface area contributed by atoms with Crippen molar-refractivity contribution in [2.75, 3.05) is 14.2 Å². The van der Waals surface area contributed by atoms with E-state index in [9.17, 15) is 4.79 Å². The van der Waals surface area contributed by atoms with Crippen LogP contribution < -0.4 is 9.47 Å². The van der Waals surface area contributed by atoms with Gasteiger partial charge in [-0.2, -0.15) is 0 Å². The Kier molecular flexibility index (Phi) is 4.42. The van der Waals surface area contributed by atoms with Crippen LogP contribution in [-0.2, 0) is 11.3 Å². The predicted molar refractivity (Wildman–Crippen MR) is 89.6 cm³/mol. The molecule has 0 aliphatic heterocycles. The molecule has 0 fully saturated rings. The minimum absolute atomic E-state index is 0.0652. The van der Waals surface area contributed by atoms with Gasteiger partial charge in [-0.25, -0.2) is 4.79 Å². The van der Waals surface area contributed by atoms with Crippen molar-refractivity contribution in [2.45, 2.75) is 13.5 Å². The number of hydrogen-bond acceptors (Lipinski definition) is 5. The van der Waals surface area contributed by atoms with Crippen LogP contribution in [0.5, 0.6) is 11.5 Å². The molecule has 124 valence electrons. The highest BCUT2D eigenvalue weighted by Gasteiger charge is 2.19. The van der Waals surface area contributed by atoms with Gasteiger partial charge in [0, 0.05) is 16.5 Å². The largest absolute Gasteiger partial charge is 0.497 e. The molecule has 0 atom stereocenters. The number of carbonyl (C=O) groups is 1. The van der Waals surface area contributed by atoms with Gasteiger partial charge in [-0.3, -0.25) is 0 Å². The van der Waals surface area contributed by atoms with Crippen LogP contribution in [0.3, 0.4) is 0 Å². The number of aryl methyl sites for hydroxylation is 1. The smallest absolute Gasteiger partial charge is 0.374 e. The second-order valence-electron chi connectivity index (χ2n) is 5.31. The molecule has 5 nitrogen and oxygen atoms in total. The lowest BCUT2D eigenvalue weighted by molar-refractivity contribution is 0.0434. The molecule has 0 bridgehead atoms. The monoisotopic (exact) mass is 326 g/mol. The zero-order valence-electron chi connectivity index (χ0n) is 13.8. The van der Waals surface area contributed by atoms with Crippen LogP contribution in [0.25, 0.3) is 11.0 Å². The summed E-state index contributed by atoms with van der Waals surface area (Å²) >= 11 is 0. The number of rotatable bonds is 5. The normalized spacial score (nSPS) is 10.6. The zero-order chi connectivity index (χ0) is 17.1. The van der Waals surface area contributed by atoms with Crippen molar-refractivity contribution in [1.82, 2.24) is 0 Å². The van der Waals surface area contributed by atoms with E-state index >= 15 is 0 Å². The highest BCUT2D eigenvalue weighted by atomic mass is 16.5. The summed E-state index contributed by atoms with van der Waals surface area (Å²) in [6.45, 7) is 1.91. The minimum Gasteiger partial charge on any atom is -0.497 e. The molecule has 2 aromatic carbocycles. The van der Waals surface area contributed by atoms with Crippen LogP contribution in [0.1, 0.15) is 21.7 Å². The van der Waals surface area contributed by atoms with Crippen LogP contribution >= 0.6 is 0 Å². The Bertz CT molecular complexity index is 879. The number of methoxy groups -OCH3 is 2. The maximum absolute atomic E-state index is 12.4. The highest BCUT2D eigenvalue weighted by molar-refractivity contribution is 5.95. The Labute approximate surface area is 139 Å². The van der Waals surface area contributed by atoms with E-state index in [2.05, 4.69) is 0 Å². The molecule has 0 amide bonds. The van der Waals surface area contributed by atoms with Crippen molar-refractivity contribution in [1.29, 1.82) is 0 Å². The summed E-state index contributed by atoms with van der Waals surface area (Å²) in [5.74, 6) is 1.01. The quantitative estimate of drug-likeness (QED) is 0.660. The van der Waals surface area contributed by atoms with Gasteiger partial charge in [0.15, 0.2) is 0 Å². The van der Waals surface area contributed by atoms with E-state index in [0.29, 0.717) is 17.1 Å². The van der Waals surface area contributed by atoms with E-state index < -0.39 is 5.97 Å². The molecule has 1 aromatic heterocycles. The first-order valence-corrected chi connectivity index (χ1v) is 7.50. The van der Waals surface area contributed by atoms with E-state index in [4.69, 9.17) is 18.6 Å². The summed E-state index contributed by atoms with van der Waals surface area (Å²) in [5, 5.41) is 0.906. The van der Waals surface area contributed by atoms with E-state index in [0.717, 1.165) is 16.5 Å². The Morgan fingerprint density at radius 2 is 1.88 bits per heavy atom. The maximum Gasteiger partial charge on any atom is 0.374 e. The van der Waals surface area contributed by atoms with Crippen molar-refractivity contribution >= 4 is 16.9 Å². The van der Waals surface area contributed by atoms with Crippen molar-refractivity contribution < 1.29 is 23.4 Å². The molecule has 1 heterocycles. The average molecular weight is 326 g/mol. The summed E-state index contributed by atoms with van der Waals surface area (Å²) in [6, 6.07) is 12.8. The van der Waals surface area contributed by atoms with E-state index in [1.807, 2.05) is 31.2 Å². The second kappa shape index (κ2) is 6.66. The highest BCUT2D eigenvalue weighted by Crippen LogP contribution is 2.27. The van der Waals surface area contributed by atoms with Crippen LogP contribution in [-0.4, -0.2) is 20.2 Å². The third kappa shape index (κ3) is 2.93. The summed E-state index contributed by atoms with van der Waals surface area (Å²) in [5.41, 5.74) is 2.16. The molecule has 0 aliphatic carbocycles. The SMILES string of the molecule is COc1ccc(OC)c(COC(=O)c2oc3ccccc3c2C)c1. The Morgan fingerprint density at radius 3 is 2.58 bits per heavy atom. The molecular weight excluding hydrogens is 308 g/mol. The van der Waals surface area contributed by atoms with Gasteiger partial charge in [0.05, 0.1) is 14.2 Å². The maximum atomic E-state index is 12.4. The lowest BCUT2D eigenvalue weighted by atomic mass is 10.1. The van der Waals surface area contributed by atoms with Crippen molar-refractivity contribution in [2.24, 2.45) is 0 Å². The number of ether oxygens (including phenoxy) is 3. The molecule has 0 N–H and O–H groups in total. The number of hydrogen-bond donors (Lipinski definition) is 0. The number of para-hydroxylation sites is 1. The molecule has 3 aromatic rings. The number of fused-ring (bicyclic) bond motifs is 1. The lowest BCUT2D eigenvalue weighted by Crippen LogP contribution is -2.06. The number of benzene rings is 2. The summed E-state index contributed by atoms with van der Waals surface area (Å²) in [4.78, 5) is 12.4. The topological polar surface area (TPSA) is 57.9 Å². The van der Waals surface area contributed by atoms with Gasteiger partial charge < -0.3 is 18.6 Å². The zero-order valence-corrected chi connectivity index (χ0v) is 13.8. The van der Waals surface area contributed by atoms with Gasteiger partial charge in [0.1, 0.15) is 23.7 Å². The van der Waals surface area contributed by atoms with Crippen LogP contribution in [0.15, 0.2) is 46.9 Å². The second-order valence-corrected chi connectivity index (χ2v) is 5.31. The number of esters is 1. The first-order valence-electron chi connectivity index (χ1n) is 7.50. The summed E-state index contributed by atoms with van der Waals surface area (Å²) in [7, 11) is 3.14. The van der Waals surface area contributed by atoms with Gasteiger partial charge in [0.25, 0.3) is 0 Å². The van der Waals surface area contributed by atoms with Gasteiger partial charge in [-0.05, 0) is 31.2 Å². The van der Waals surface area contributed by atoms with Gasteiger partial charge in [0.2, 0.25) is 5.76 Å². The van der Waals surface area contributed by atoms with E-state index in [1.54, 1.807) is 32.4 Å². The van der Waals surface area contributed by atoms with Gasteiger partial charge >= 0.3 is 5.97 Å². The Morgan fingerprint density at radius 1 is 1.08 bits per heavy atom. The molecule has 0 aliphatic rings. The summed E-state index contributed by atoms with van der Waals surface area (Å²) < 4.78 is 21.5. The number of carbonyl (C=O) groups excluding carboxylic acids is 1. The summed E-state index contributed by atoms with van der Waals surface area (Å²) in [6.07, 6.45) is 0. The standard InChI is InChI=1S/C19H18O5/c1-12-15-6-4-5-7-17(15)24-18(12)19(20)23-11-13-10-14(21-2)8-9-16(13)22-3/h4-10H,11H2,1-3H3. The Hall–Kier alpha value is -2.95. The van der Waals surface area contributed by atoms with Crippen molar-refractivity contribution in [3.63, 3.8) is 0 Å². The van der Waals surface area contributed by atoms with Crippen LogP contribution in [0.4, 0.5) is 0 Å². The van der Waals surface area contributed by atoms with Crippen LogP contribution in [0.2, 0.25) is 0 Å². The number of furan rings is 1. The van der Waals surface area contributed by atoms with Crippen LogP contribution in [0, 0.1) is 6.92 Å². The van der Waals surface area contributed by atoms with E-state index in [1.165, 1.54) is 0 Å². The molecule has 0 unspecified atom stereocenters. The molecule has 24 heavy (non-hydrogen) atoms. The molecule has 0 saturated carbocycles. The molecule has 0 radical (unpaired) electrons. The van der Waals surface area contributed by atoms with Crippen molar-refractivity contribution in [3.05, 3.63) is 59.4 Å². The van der Waals surface area contributed by atoms with E-state index in [-0.39, 0.29) is 12.4 Å². The van der Waals surface area contributed by atoms with Gasteiger partial charge in [-0.1, -0.05) is 18.2 Å². The molecule has 0 saturated heterocycles. The molecular formula is C19H18O5. The third-order valence-corrected chi connectivity index (χ3v) is 3.88.